The molecule has 5 heteroatoms. The van der Waals surface area contributed by atoms with Crippen molar-refractivity contribution in [3.63, 3.8) is 0 Å². The lowest BCUT2D eigenvalue weighted by Crippen LogP contribution is -2.44. The maximum atomic E-state index is 12.8. The molecule has 1 fully saturated rings. The van der Waals surface area contributed by atoms with Crippen LogP contribution in [0.2, 0.25) is 0 Å². The monoisotopic (exact) mass is 438 g/mol. The Kier molecular flexibility index (Phi) is 5.97. The zero-order chi connectivity index (χ0) is 22.8. The molecule has 5 rings (SSSR count). The molecule has 33 heavy (non-hydrogen) atoms. The molecule has 0 aliphatic carbocycles. The van der Waals surface area contributed by atoms with Crippen molar-refractivity contribution in [3.05, 3.63) is 89.0 Å². The second-order valence-corrected chi connectivity index (χ2v) is 9.08. The molecular formula is C28H30N4O. The zero-order valence-corrected chi connectivity index (χ0v) is 19.3. The third kappa shape index (κ3) is 4.69. The van der Waals surface area contributed by atoms with Crippen LogP contribution >= 0.6 is 0 Å². The first-order valence-corrected chi connectivity index (χ1v) is 11.7. The summed E-state index contributed by atoms with van der Waals surface area (Å²) in [6, 6.07) is 22.7. The van der Waals surface area contributed by atoms with Crippen LogP contribution in [-0.2, 0) is 6.54 Å². The van der Waals surface area contributed by atoms with Crippen LogP contribution in [0.3, 0.4) is 0 Å². The first-order chi connectivity index (χ1) is 16.1. The molecule has 1 aliphatic heterocycles. The van der Waals surface area contributed by atoms with Gasteiger partial charge in [-0.15, -0.1) is 0 Å². The number of hydrogen-bond donors (Lipinski definition) is 2. The van der Waals surface area contributed by atoms with Crippen molar-refractivity contribution in [1.29, 1.82) is 0 Å². The summed E-state index contributed by atoms with van der Waals surface area (Å²) in [6.07, 6.45) is 1.96. The Morgan fingerprint density at radius 1 is 1.00 bits per heavy atom. The molecule has 2 heterocycles. The molecule has 5 nitrogen and oxygen atoms in total. The average Bonchev–Trinajstić information content (AvgIpc) is 3.29. The minimum Gasteiger partial charge on any atom is -0.349 e. The van der Waals surface area contributed by atoms with Gasteiger partial charge in [-0.3, -0.25) is 9.69 Å². The van der Waals surface area contributed by atoms with Gasteiger partial charge in [0.25, 0.3) is 5.91 Å². The summed E-state index contributed by atoms with van der Waals surface area (Å²) in [6.45, 7) is 7.18. The lowest BCUT2D eigenvalue weighted by atomic mass is 10.0. The number of benzene rings is 3. The van der Waals surface area contributed by atoms with Crippen molar-refractivity contribution in [2.75, 3.05) is 13.1 Å². The Labute approximate surface area is 194 Å². The number of nitrogens with zero attached hydrogens (tertiary/aromatic N) is 2. The lowest BCUT2D eigenvalue weighted by Gasteiger charge is -2.32. The molecule has 1 amide bonds. The third-order valence-electron chi connectivity index (χ3n) is 6.77. The molecule has 2 N–H and O–H groups in total. The highest BCUT2D eigenvalue weighted by Crippen LogP contribution is 2.25. The number of aromatic nitrogens is 2. The Balaban J connectivity index is 1.19. The largest absolute Gasteiger partial charge is 0.349 e. The SMILES string of the molecule is Cc1ccc2[nH]c(-c3ccc(C(=O)NC4CCN(Cc5ccccc5)CC4)cc3)nc2c1C. The van der Waals surface area contributed by atoms with E-state index < -0.39 is 0 Å². The summed E-state index contributed by atoms with van der Waals surface area (Å²) < 4.78 is 0. The molecule has 0 atom stereocenters. The highest BCUT2D eigenvalue weighted by Gasteiger charge is 2.21. The van der Waals surface area contributed by atoms with Gasteiger partial charge in [-0.25, -0.2) is 4.98 Å². The maximum Gasteiger partial charge on any atom is 0.251 e. The number of likely N-dealkylation sites (tertiary alicyclic amines) is 1. The summed E-state index contributed by atoms with van der Waals surface area (Å²) in [5.41, 5.74) is 7.48. The van der Waals surface area contributed by atoms with E-state index >= 15 is 0 Å². The van der Waals surface area contributed by atoms with E-state index in [2.05, 4.69) is 71.5 Å². The fourth-order valence-electron chi connectivity index (χ4n) is 4.58. The van der Waals surface area contributed by atoms with Crippen LogP contribution in [0.1, 0.15) is 39.9 Å². The van der Waals surface area contributed by atoms with Crippen molar-refractivity contribution >= 4 is 16.9 Å². The molecule has 4 aromatic rings. The number of amides is 1. The summed E-state index contributed by atoms with van der Waals surface area (Å²) in [4.78, 5) is 23.5. The van der Waals surface area contributed by atoms with E-state index in [4.69, 9.17) is 4.98 Å². The van der Waals surface area contributed by atoms with Crippen molar-refractivity contribution < 1.29 is 4.79 Å². The number of aromatic amines is 1. The molecule has 3 aromatic carbocycles. The molecule has 1 aromatic heterocycles. The van der Waals surface area contributed by atoms with Crippen LogP contribution in [0, 0.1) is 13.8 Å². The topological polar surface area (TPSA) is 61.0 Å². The average molecular weight is 439 g/mol. The smallest absolute Gasteiger partial charge is 0.251 e. The molecule has 0 radical (unpaired) electrons. The first-order valence-electron chi connectivity index (χ1n) is 11.7. The number of hydrogen-bond acceptors (Lipinski definition) is 3. The van der Waals surface area contributed by atoms with Gasteiger partial charge in [0.2, 0.25) is 0 Å². The van der Waals surface area contributed by atoms with Crippen LogP contribution < -0.4 is 5.32 Å². The number of imidazole rings is 1. The van der Waals surface area contributed by atoms with Gasteiger partial charge in [-0.1, -0.05) is 48.5 Å². The first kappa shape index (κ1) is 21.4. The molecule has 1 saturated heterocycles. The fourth-order valence-corrected chi connectivity index (χ4v) is 4.58. The Hall–Kier alpha value is -3.44. The number of rotatable bonds is 5. The Bertz CT molecular complexity index is 1250. The summed E-state index contributed by atoms with van der Waals surface area (Å²) in [5, 5.41) is 3.22. The van der Waals surface area contributed by atoms with Crippen molar-refractivity contribution in [2.24, 2.45) is 0 Å². The van der Waals surface area contributed by atoms with Gasteiger partial charge in [0.1, 0.15) is 5.82 Å². The number of piperidine rings is 1. The van der Waals surface area contributed by atoms with Gasteiger partial charge in [-0.05, 0) is 61.6 Å². The van der Waals surface area contributed by atoms with Gasteiger partial charge in [0, 0.05) is 36.8 Å². The van der Waals surface area contributed by atoms with Crippen molar-refractivity contribution in [2.45, 2.75) is 39.3 Å². The standard InChI is InChI=1S/C28H30N4O/c1-19-8-13-25-26(20(19)2)31-27(30-25)22-9-11-23(12-10-22)28(33)29-24-14-16-32(17-15-24)18-21-6-4-3-5-7-21/h3-13,24H,14-18H2,1-2H3,(H,29,33)(H,30,31). The van der Waals surface area contributed by atoms with Gasteiger partial charge in [0.05, 0.1) is 11.0 Å². The normalized spacial score (nSPS) is 15.1. The minimum absolute atomic E-state index is 0.000801. The van der Waals surface area contributed by atoms with Gasteiger partial charge in [-0.2, -0.15) is 0 Å². The van der Waals surface area contributed by atoms with Crippen LogP contribution in [0.15, 0.2) is 66.7 Å². The molecular weight excluding hydrogens is 408 g/mol. The Morgan fingerprint density at radius 2 is 1.73 bits per heavy atom. The molecule has 168 valence electrons. The predicted molar refractivity (Wildman–Crippen MR) is 133 cm³/mol. The van der Waals surface area contributed by atoms with Crippen LogP contribution in [0.5, 0.6) is 0 Å². The summed E-state index contributed by atoms with van der Waals surface area (Å²) >= 11 is 0. The van der Waals surface area contributed by atoms with E-state index in [1.165, 1.54) is 16.7 Å². The van der Waals surface area contributed by atoms with Crippen LogP contribution in [0.4, 0.5) is 0 Å². The number of aryl methyl sites for hydroxylation is 2. The molecule has 0 unspecified atom stereocenters. The van der Waals surface area contributed by atoms with Gasteiger partial charge >= 0.3 is 0 Å². The summed E-state index contributed by atoms with van der Waals surface area (Å²) in [7, 11) is 0. The molecule has 0 spiro atoms. The lowest BCUT2D eigenvalue weighted by molar-refractivity contribution is 0.0909. The van der Waals surface area contributed by atoms with Crippen LogP contribution in [-0.4, -0.2) is 39.9 Å². The van der Waals surface area contributed by atoms with E-state index in [0.717, 1.165) is 54.9 Å². The van der Waals surface area contributed by atoms with E-state index in [1.54, 1.807) is 0 Å². The maximum absolute atomic E-state index is 12.8. The predicted octanol–water partition coefficient (Wildman–Crippen LogP) is 5.24. The van der Waals surface area contributed by atoms with Crippen LogP contribution in [0.25, 0.3) is 22.4 Å². The molecule has 0 saturated carbocycles. The number of fused-ring (bicyclic) bond motifs is 1. The quantitative estimate of drug-likeness (QED) is 0.448. The van der Waals surface area contributed by atoms with E-state index in [9.17, 15) is 4.79 Å². The van der Waals surface area contributed by atoms with Crippen molar-refractivity contribution in [1.82, 2.24) is 20.2 Å². The minimum atomic E-state index is -0.000801. The summed E-state index contributed by atoms with van der Waals surface area (Å²) in [5.74, 6) is 0.829. The third-order valence-corrected chi connectivity index (χ3v) is 6.77. The van der Waals surface area contributed by atoms with E-state index in [1.807, 2.05) is 24.3 Å². The molecule has 1 aliphatic rings. The fraction of sp³-hybridized carbons (Fsp3) is 0.286. The number of H-pyrrole nitrogens is 1. The van der Waals surface area contributed by atoms with Gasteiger partial charge < -0.3 is 10.3 Å². The van der Waals surface area contributed by atoms with Gasteiger partial charge in [0.15, 0.2) is 0 Å². The Morgan fingerprint density at radius 3 is 2.45 bits per heavy atom. The second kappa shape index (κ2) is 9.20. The van der Waals surface area contributed by atoms with Crippen molar-refractivity contribution in [3.8, 4) is 11.4 Å². The number of carbonyl (C=O) groups is 1. The highest BCUT2D eigenvalue weighted by molar-refractivity contribution is 5.95. The highest BCUT2D eigenvalue weighted by atomic mass is 16.1. The molecule has 0 bridgehead atoms. The second-order valence-electron chi connectivity index (χ2n) is 9.08. The van der Waals surface area contributed by atoms with E-state index in [0.29, 0.717) is 5.56 Å². The zero-order valence-electron chi connectivity index (χ0n) is 19.3. The number of nitrogens with one attached hydrogen (secondary N) is 2. The van der Waals surface area contributed by atoms with E-state index in [-0.39, 0.29) is 11.9 Å². The number of carbonyl (C=O) groups excluding carboxylic acids is 1.